The summed E-state index contributed by atoms with van der Waals surface area (Å²) in [6, 6.07) is 26.7. The van der Waals surface area contributed by atoms with E-state index in [4.69, 9.17) is 0 Å². The van der Waals surface area contributed by atoms with Crippen LogP contribution in [0.3, 0.4) is 0 Å². The summed E-state index contributed by atoms with van der Waals surface area (Å²) in [7, 11) is -0.248. The molecular formula is C46H21BF20OS. The second-order valence-corrected chi connectivity index (χ2v) is 16.8. The number of benzene rings is 7. The fourth-order valence-electron chi connectivity index (χ4n) is 7.42. The zero-order valence-corrected chi connectivity index (χ0v) is 35.0. The number of hydrogen-bond acceptors (Lipinski definition) is 1. The Kier molecular flexibility index (Phi) is 14.7. The average Bonchev–Trinajstić information content (AvgIpc) is 3.34. The van der Waals surface area contributed by atoms with Gasteiger partial charge in [-0.1, -0.05) is 65.7 Å². The Hall–Kier alpha value is -6.78. The molecule has 0 saturated carbocycles. The largest absolute Gasteiger partial charge is 0.289 e. The zero-order valence-electron chi connectivity index (χ0n) is 34.2. The van der Waals surface area contributed by atoms with E-state index in [0.717, 1.165) is 5.56 Å². The first-order chi connectivity index (χ1) is 32.3. The van der Waals surface area contributed by atoms with Crippen LogP contribution in [0, 0.1) is 130 Å². The fraction of sp³-hybridized carbons (Fsp3) is 0.0652. The lowest BCUT2D eigenvalue weighted by Crippen LogP contribution is -2.81. The van der Waals surface area contributed by atoms with Gasteiger partial charge in [0.05, 0.1) is 10.9 Å². The predicted octanol–water partition coefficient (Wildman–Crippen LogP) is 11.1. The van der Waals surface area contributed by atoms with E-state index >= 15 is 35.1 Å². The third kappa shape index (κ3) is 8.69. The number of carbonyl (C=O) groups excluding carboxylic acids is 1. The van der Waals surface area contributed by atoms with Crippen molar-refractivity contribution in [2.45, 2.75) is 23.6 Å². The van der Waals surface area contributed by atoms with Crippen molar-refractivity contribution in [2.75, 3.05) is 5.75 Å². The van der Waals surface area contributed by atoms with Crippen LogP contribution >= 0.6 is 0 Å². The van der Waals surface area contributed by atoms with Crippen LogP contribution in [0.15, 0.2) is 88.7 Å². The summed E-state index contributed by atoms with van der Waals surface area (Å²) >= 11 is 0. The van der Waals surface area contributed by atoms with E-state index in [1.54, 1.807) is 0 Å². The third-order valence-electron chi connectivity index (χ3n) is 10.7. The molecule has 0 fully saturated rings. The summed E-state index contributed by atoms with van der Waals surface area (Å²) in [4.78, 5) is 15.2. The first-order valence-electron chi connectivity index (χ1n) is 19.0. The van der Waals surface area contributed by atoms with Crippen molar-refractivity contribution in [1.29, 1.82) is 0 Å². The molecule has 0 aliphatic heterocycles. The molecule has 7 rings (SSSR count). The van der Waals surface area contributed by atoms with Gasteiger partial charge in [-0.25, -0.2) is 87.8 Å². The van der Waals surface area contributed by atoms with Gasteiger partial charge in [-0.05, 0) is 38.1 Å². The van der Waals surface area contributed by atoms with Crippen molar-refractivity contribution in [3.63, 3.8) is 0 Å². The number of hydrogen-bond donors (Lipinski definition) is 0. The molecule has 69 heavy (non-hydrogen) atoms. The lowest BCUT2D eigenvalue weighted by molar-refractivity contribution is 0.102. The molecule has 0 aliphatic carbocycles. The Labute approximate surface area is 377 Å². The molecule has 0 atom stereocenters. The van der Waals surface area contributed by atoms with Crippen LogP contribution in [0.1, 0.15) is 21.5 Å². The van der Waals surface area contributed by atoms with Gasteiger partial charge in [0.15, 0.2) is 85.4 Å². The highest BCUT2D eigenvalue weighted by molar-refractivity contribution is 7.97. The van der Waals surface area contributed by atoms with Crippen LogP contribution in [0.5, 0.6) is 0 Å². The van der Waals surface area contributed by atoms with E-state index in [-0.39, 0.29) is 16.7 Å². The van der Waals surface area contributed by atoms with Crippen molar-refractivity contribution in [2.24, 2.45) is 0 Å². The number of rotatable bonds is 9. The standard InChI is InChI=1S/C24BF20.C22H21OS/c26-5-1(6(27)14(35)21(42)13(5)34)25(2-7(28)15(36)22(43)16(37)8(2)29,3-9(30)17(38)23(44)18(39)10(3)31)4-11(32)19(40)24(45)20(41)12(4)33;1-17-8-12-20(13-9-17)24(21-14-10-18(2)11-15-21)16-22(23)19-6-4-3-5-7-19/h;3-15H,16H2,1-2H3/q-1;+1. The van der Waals surface area contributed by atoms with Gasteiger partial charge in [-0.15, -0.1) is 21.9 Å². The zero-order chi connectivity index (χ0) is 51.3. The molecule has 0 amide bonds. The van der Waals surface area contributed by atoms with Crippen LogP contribution in [0.2, 0.25) is 0 Å². The predicted molar refractivity (Wildman–Crippen MR) is 211 cm³/mol. The molecule has 360 valence electrons. The van der Waals surface area contributed by atoms with E-state index in [2.05, 4.69) is 62.4 Å². The molecule has 0 spiro atoms. The normalized spacial score (nSPS) is 11.6. The number of aryl methyl sites for hydroxylation is 2. The van der Waals surface area contributed by atoms with E-state index in [0.29, 0.717) is 5.75 Å². The summed E-state index contributed by atoms with van der Waals surface area (Å²) < 4.78 is 294. The Morgan fingerprint density at radius 2 is 0.551 bits per heavy atom. The number of Topliss-reactive ketones (excluding diaryl/α,β-unsaturated/α-hetero) is 1. The maximum Gasteiger partial charge on any atom is 0.212 e. The first kappa shape index (κ1) is 51.6. The Morgan fingerprint density at radius 3 is 0.783 bits per heavy atom. The highest BCUT2D eigenvalue weighted by Crippen LogP contribution is 2.31. The second kappa shape index (κ2) is 19.7. The van der Waals surface area contributed by atoms with Gasteiger partial charge in [0.2, 0.25) is 5.78 Å². The topological polar surface area (TPSA) is 17.1 Å². The highest BCUT2D eigenvalue weighted by Gasteiger charge is 2.52. The van der Waals surface area contributed by atoms with E-state index in [1.807, 2.05) is 30.3 Å². The van der Waals surface area contributed by atoms with Crippen molar-refractivity contribution >= 4 is 44.7 Å². The number of halogens is 20. The summed E-state index contributed by atoms with van der Waals surface area (Å²) in [6.07, 6.45) is -7.22. The summed E-state index contributed by atoms with van der Waals surface area (Å²) in [5, 5.41) is 0. The molecule has 7 aromatic rings. The number of carbonyl (C=O) groups is 1. The molecule has 0 aromatic heterocycles. The van der Waals surface area contributed by atoms with Crippen molar-refractivity contribution in [1.82, 2.24) is 0 Å². The minimum absolute atomic E-state index is 0.195. The summed E-state index contributed by atoms with van der Waals surface area (Å²) in [5.74, 6) is -70.7. The van der Waals surface area contributed by atoms with Gasteiger partial charge in [0.1, 0.15) is 52.7 Å². The molecule has 0 bridgehead atoms. The van der Waals surface area contributed by atoms with Crippen LogP contribution in [0.4, 0.5) is 87.8 Å². The molecule has 0 aliphatic rings. The van der Waals surface area contributed by atoms with Crippen LogP contribution in [0.25, 0.3) is 0 Å². The van der Waals surface area contributed by atoms with Gasteiger partial charge in [0.25, 0.3) is 0 Å². The van der Waals surface area contributed by atoms with E-state index in [1.165, 1.54) is 20.9 Å². The van der Waals surface area contributed by atoms with Gasteiger partial charge in [-0.2, -0.15) is 0 Å². The minimum Gasteiger partial charge on any atom is -0.289 e. The monoisotopic (exact) mass is 1010 g/mol. The molecule has 0 saturated heterocycles. The van der Waals surface area contributed by atoms with E-state index < -0.39 is 144 Å². The summed E-state index contributed by atoms with van der Waals surface area (Å²) in [6.45, 7) is 4.17. The lowest BCUT2D eigenvalue weighted by Gasteiger charge is -2.44. The van der Waals surface area contributed by atoms with Gasteiger partial charge >= 0.3 is 0 Å². The lowest BCUT2D eigenvalue weighted by atomic mass is 9.12. The van der Waals surface area contributed by atoms with Gasteiger partial charge < -0.3 is 0 Å². The van der Waals surface area contributed by atoms with E-state index in [9.17, 15) is 57.5 Å². The molecule has 23 heteroatoms. The Morgan fingerprint density at radius 1 is 0.333 bits per heavy atom. The van der Waals surface area contributed by atoms with Crippen LogP contribution < -0.4 is 21.9 Å². The molecule has 7 aromatic carbocycles. The molecule has 0 unspecified atom stereocenters. The van der Waals surface area contributed by atoms with Gasteiger partial charge in [0, 0.05) is 5.56 Å². The summed E-state index contributed by atoms with van der Waals surface area (Å²) in [5.41, 5.74) is -11.1. The fourth-order valence-corrected chi connectivity index (χ4v) is 9.38. The maximum absolute atomic E-state index is 15.4. The maximum atomic E-state index is 15.4. The third-order valence-corrected chi connectivity index (χ3v) is 12.9. The van der Waals surface area contributed by atoms with Crippen molar-refractivity contribution < 1.29 is 92.6 Å². The highest BCUT2D eigenvalue weighted by atomic mass is 32.2. The molecule has 1 nitrogen and oxygen atoms in total. The average molecular weight is 1010 g/mol. The first-order valence-corrected chi connectivity index (χ1v) is 20.4. The smallest absolute Gasteiger partial charge is 0.212 e. The van der Waals surface area contributed by atoms with Crippen LogP contribution in [-0.2, 0) is 10.9 Å². The number of ketones is 1. The minimum atomic E-state index is -7.22. The van der Waals surface area contributed by atoms with Crippen molar-refractivity contribution in [3.8, 4) is 0 Å². The Balaban J connectivity index is 0.000000273. The quantitative estimate of drug-likeness (QED) is 0.0352. The molecule has 0 heterocycles. The molecule has 0 radical (unpaired) electrons. The van der Waals surface area contributed by atoms with Crippen LogP contribution in [-0.4, -0.2) is 17.7 Å². The molecule has 0 N–H and O–H groups in total. The SMILES string of the molecule is Cc1ccc([S+](CC(=O)c2ccccc2)c2ccc(C)cc2)cc1.Fc1c(F)c(F)c([B-](c2c(F)c(F)c(F)c(F)c2F)(c2c(F)c(F)c(F)c(F)c2F)c2c(F)c(F)c(F)c(F)c2F)c(F)c1F. The molecular weight excluding hydrogens is 991 g/mol. The Bertz CT molecular complexity index is 2740. The second-order valence-electron chi connectivity index (χ2n) is 14.8. The van der Waals surface area contributed by atoms with Gasteiger partial charge in [-0.3, -0.25) is 4.79 Å². The van der Waals surface area contributed by atoms with Crippen molar-refractivity contribution in [3.05, 3.63) is 212 Å².